The second-order valence-corrected chi connectivity index (χ2v) is 9.42. The van der Waals surface area contributed by atoms with Crippen LogP contribution in [0.25, 0.3) is 55.8 Å². The molecule has 10 heteroatoms. The third kappa shape index (κ3) is 4.26. The van der Waals surface area contributed by atoms with E-state index >= 15 is 4.39 Å². The zero-order chi connectivity index (χ0) is 26.2. The average molecular weight is 507 g/mol. The second kappa shape index (κ2) is 9.47. The Balaban J connectivity index is 1.42. The number of hydrogen-bond acceptors (Lipinski definition) is 6. The number of hydrogen-bond donors (Lipinski definition) is 3. The van der Waals surface area contributed by atoms with E-state index in [0.717, 1.165) is 22.2 Å². The lowest BCUT2D eigenvalue weighted by molar-refractivity contribution is -0.116. The van der Waals surface area contributed by atoms with Crippen LogP contribution in [0.3, 0.4) is 0 Å². The number of nitrogens with zero attached hydrogens (tertiary/aromatic N) is 5. The Hall–Kier alpha value is -4.99. The van der Waals surface area contributed by atoms with E-state index in [9.17, 15) is 4.79 Å². The highest BCUT2D eigenvalue weighted by Gasteiger charge is 2.21. The summed E-state index contributed by atoms with van der Waals surface area (Å²) in [5.74, 6) is -0.0561. The third-order valence-electron chi connectivity index (χ3n) is 6.14. The Labute approximate surface area is 216 Å². The molecule has 0 atom stereocenters. The first kappa shape index (κ1) is 23.4. The molecule has 0 fully saturated rings. The largest absolute Gasteiger partial charge is 0.337 e. The molecule has 5 aromatic heterocycles. The number of H-pyrrole nitrogens is 2. The number of amides is 1. The van der Waals surface area contributed by atoms with E-state index in [0.29, 0.717) is 34.7 Å². The van der Waals surface area contributed by atoms with Crippen molar-refractivity contribution in [3.8, 4) is 33.9 Å². The minimum atomic E-state index is -0.563. The number of benzene rings is 1. The number of halogens is 1. The molecule has 38 heavy (non-hydrogen) atoms. The number of imidazole rings is 1. The summed E-state index contributed by atoms with van der Waals surface area (Å²) in [5, 5.41) is 10.3. The first-order valence-electron chi connectivity index (χ1n) is 12.2. The summed E-state index contributed by atoms with van der Waals surface area (Å²) in [4.78, 5) is 33.0. The molecule has 0 radical (unpaired) electrons. The summed E-state index contributed by atoms with van der Waals surface area (Å²) in [7, 11) is 0. The molecule has 3 N–H and O–H groups in total. The monoisotopic (exact) mass is 506 g/mol. The van der Waals surface area contributed by atoms with E-state index in [2.05, 4.69) is 35.5 Å². The van der Waals surface area contributed by atoms with Crippen LogP contribution in [-0.2, 0) is 4.79 Å². The van der Waals surface area contributed by atoms with Crippen LogP contribution in [0.4, 0.5) is 10.1 Å². The van der Waals surface area contributed by atoms with Crippen molar-refractivity contribution in [2.45, 2.75) is 20.3 Å². The van der Waals surface area contributed by atoms with Gasteiger partial charge in [-0.3, -0.25) is 24.8 Å². The molecule has 5 heterocycles. The van der Waals surface area contributed by atoms with Crippen LogP contribution in [0, 0.1) is 11.7 Å². The van der Waals surface area contributed by atoms with Gasteiger partial charge in [-0.15, -0.1) is 0 Å². The maximum Gasteiger partial charge on any atom is 0.224 e. The van der Waals surface area contributed by atoms with Gasteiger partial charge in [-0.1, -0.05) is 32.0 Å². The molecule has 0 aliphatic carbocycles. The zero-order valence-electron chi connectivity index (χ0n) is 20.7. The number of para-hydroxylation sites is 1. The Morgan fingerprint density at radius 3 is 2.68 bits per heavy atom. The summed E-state index contributed by atoms with van der Waals surface area (Å²) >= 11 is 0. The van der Waals surface area contributed by atoms with Crippen molar-refractivity contribution < 1.29 is 9.18 Å². The quantitative estimate of drug-likeness (QED) is 0.264. The predicted molar refractivity (Wildman–Crippen MR) is 143 cm³/mol. The number of carbonyl (C=O) groups is 1. The van der Waals surface area contributed by atoms with Crippen LogP contribution in [0.1, 0.15) is 20.3 Å². The number of carbonyl (C=O) groups excluding carboxylic acids is 1. The summed E-state index contributed by atoms with van der Waals surface area (Å²) in [6.07, 6.45) is 8.43. The number of anilines is 1. The smallest absolute Gasteiger partial charge is 0.224 e. The Kier molecular flexibility index (Phi) is 5.83. The Morgan fingerprint density at radius 1 is 1.00 bits per heavy atom. The molecule has 6 rings (SSSR count). The van der Waals surface area contributed by atoms with Gasteiger partial charge in [0, 0.05) is 41.7 Å². The van der Waals surface area contributed by atoms with E-state index in [1.165, 1.54) is 18.6 Å². The molecule has 1 amide bonds. The molecular formula is C28H23FN8O. The fourth-order valence-corrected chi connectivity index (χ4v) is 4.47. The lowest BCUT2D eigenvalue weighted by Crippen LogP contribution is -2.14. The summed E-state index contributed by atoms with van der Waals surface area (Å²) < 4.78 is 16.0. The number of rotatable bonds is 6. The lowest BCUT2D eigenvalue weighted by Gasteiger charge is -2.09. The van der Waals surface area contributed by atoms with Gasteiger partial charge in [0.15, 0.2) is 11.6 Å². The first-order valence-corrected chi connectivity index (χ1v) is 12.2. The SMILES string of the molecule is CC(C)CC(=O)Nc1cncc(-c2ncc3[nH]nc(-c4nc5c(-c6cccnc6)cccc5[nH]4)c3c2F)c1. The maximum absolute atomic E-state index is 16.0. The molecule has 0 aliphatic rings. The predicted octanol–water partition coefficient (Wildman–Crippen LogP) is 5.75. The molecule has 0 saturated heterocycles. The lowest BCUT2D eigenvalue weighted by atomic mass is 10.1. The zero-order valence-corrected chi connectivity index (χ0v) is 20.7. The normalized spacial score (nSPS) is 11.5. The van der Waals surface area contributed by atoms with Crippen molar-refractivity contribution in [2.75, 3.05) is 5.32 Å². The highest BCUT2D eigenvalue weighted by atomic mass is 19.1. The Bertz CT molecular complexity index is 1790. The van der Waals surface area contributed by atoms with Crippen LogP contribution in [-0.4, -0.2) is 41.0 Å². The van der Waals surface area contributed by atoms with Crippen molar-refractivity contribution >= 4 is 33.5 Å². The van der Waals surface area contributed by atoms with Gasteiger partial charge in [-0.2, -0.15) is 5.10 Å². The number of fused-ring (bicyclic) bond motifs is 2. The van der Waals surface area contributed by atoms with Crippen molar-refractivity contribution in [2.24, 2.45) is 5.92 Å². The van der Waals surface area contributed by atoms with Crippen LogP contribution < -0.4 is 5.32 Å². The van der Waals surface area contributed by atoms with Gasteiger partial charge in [0.1, 0.15) is 11.4 Å². The van der Waals surface area contributed by atoms with Gasteiger partial charge in [-0.25, -0.2) is 9.37 Å². The molecular weight excluding hydrogens is 483 g/mol. The third-order valence-corrected chi connectivity index (χ3v) is 6.14. The average Bonchev–Trinajstić information content (AvgIpc) is 3.54. The van der Waals surface area contributed by atoms with E-state index in [4.69, 9.17) is 4.98 Å². The maximum atomic E-state index is 16.0. The second-order valence-electron chi connectivity index (χ2n) is 9.42. The molecule has 0 unspecified atom stereocenters. The van der Waals surface area contributed by atoms with E-state index in [1.54, 1.807) is 18.5 Å². The van der Waals surface area contributed by atoms with Gasteiger partial charge >= 0.3 is 0 Å². The van der Waals surface area contributed by atoms with Crippen molar-refractivity contribution in [3.63, 3.8) is 0 Å². The van der Waals surface area contributed by atoms with Crippen LogP contribution in [0.15, 0.2) is 67.4 Å². The number of nitrogens with one attached hydrogen (secondary N) is 3. The molecule has 6 aromatic rings. The summed E-state index contributed by atoms with van der Waals surface area (Å²) in [6.45, 7) is 3.93. The fourth-order valence-electron chi connectivity index (χ4n) is 4.47. The minimum Gasteiger partial charge on any atom is -0.337 e. The number of aromatic amines is 2. The van der Waals surface area contributed by atoms with Gasteiger partial charge in [-0.05, 0) is 24.1 Å². The first-order chi connectivity index (χ1) is 18.5. The van der Waals surface area contributed by atoms with Crippen LogP contribution in [0.2, 0.25) is 0 Å². The Morgan fingerprint density at radius 2 is 1.87 bits per heavy atom. The standard InChI is InChI=1S/C28H23FN8O/c1-15(2)9-22(38)33-18-10-17(12-31-13-18)25-24(29)23-21(14-32-25)36-37-27(23)28-34-20-7-3-6-19(26(20)35-28)16-5-4-8-30-11-16/h3-8,10-15H,9H2,1-2H3,(H,33,38)(H,34,35)(H,36,37). The molecule has 0 saturated carbocycles. The summed E-state index contributed by atoms with van der Waals surface area (Å²) in [5.41, 5.74) is 5.13. The van der Waals surface area contributed by atoms with Gasteiger partial charge in [0.25, 0.3) is 0 Å². The van der Waals surface area contributed by atoms with Crippen LogP contribution in [0.5, 0.6) is 0 Å². The highest BCUT2D eigenvalue weighted by molar-refractivity contribution is 5.98. The van der Waals surface area contributed by atoms with E-state index < -0.39 is 5.82 Å². The number of aromatic nitrogens is 7. The van der Waals surface area contributed by atoms with Crippen molar-refractivity contribution in [1.82, 2.24) is 35.1 Å². The molecule has 0 aliphatic heterocycles. The molecule has 9 nitrogen and oxygen atoms in total. The number of pyridine rings is 3. The van der Waals surface area contributed by atoms with E-state index in [1.807, 2.05) is 44.2 Å². The van der Waals surface area contributed by atoms with Crippen molar-refractivity contribution in [3.05, 3.63) is 73.2 Å². The topological polar surface area (TPSA) is 125 Å². The van der Waals surface area contributed by atoms with E-state index in [-0.39, 0.29) is 22.9 Å². The van der Waals surface area contributed by atoms with Gasteiger partial charge in [0.05, 0.1) is 40.0 Å². The highest BCUT2D eigenvalue weighted by Crippen LogP contribution is 2.34. The molecule has 0 spiro atoms. The molecule has 188 valence electrons. The minimum absolute atomic E-state index is 0.0970. The van der Waals surface area contributed by atoms with Crippen LogP contribution >= 0.6 is 0 Å². The van der Waals surface area contributed by atoms with Gasteiger partial charge in [0.2, 0.25) is 5.91 Å². The fraction of sp³-hybridized carbons (Fsp3) is 0.143. The van der Waals surface area contributed by atoms with Gasteiger partial charge < -0.3 is 10.3 Å². The molecule has 0 bridgehead atoms. The molecule has 1 aromatic carbocycles. The van der Waals surface area contributed by atoms with Crippen molar-refractivity contribution in [1.29, 1.82) is 0 Å². The summed E-state index contributed by atoms with van der Waals surface area (Å²) in [6, 6.07) is 11.3.